The maximum atomic E-state index is 12.5. The summed E-state index contributed by atoms with van der Waals surface area (Å²) >= 11 is 0. The minimum absolute atomic E-state index is 0.0821. The molecule has 172 valence electrons. The number of aliphatic carboxylic acids is 1. The van der Waals surface area contributed by atoms with Crippen molar-refractivity contribution in [2.75, 3.05) is 7.05 Å². The predicted molar refractivity (Wildman–Crippen MR) is 116 cm³/mol. The van der Waals surface area contributed by atoms with Crippen molar-refractivity contribution in [1.82, 2.24) is 10.1 Å². The van der Waals surface area contributed by atoms with Gasteiger partial charge in [-0.2, -0.15) is 0 Å². The molecule has 8 heteroatoms. The molecule has 1 aromatic carbocycles. The number of aryl methyl sites for hydroxylation is 1. The highest BCUT2D eigenvalue weighted by molar-refractivity contribution is 5.70. The third kappa shape index (κ3) is 4.89. The molecule has 0 spiro atoms. The van der Waals surface area contributed by atoms with Crippen LogP contribution >= 0.6 is 0 Å². The molecule has 4 rings (SSSR count). The lowest BCUT2D eigenvalue weighted by Gasteiger charge is -2.23. The lowest BCUT2D eigenvalue weighted by Crippen LogP contribution is -2.35. The van der Waals surface area contributed by atoms with Gasteiger partial charge in [0.05, 0.1) is 23.3 Å². The molecule has 0 aliphatic heterocycles. The Hall–Kier alpha value is -3.03. The number of carbonyl (C=O) groups excluding carboxylic acids is 1. The predicted octanol–water partition coefficient (Wildman–Crippen LogP) is 4.79. The minimum Gasteiger partial charge on any atom is -0.490 e. The van der Waals surface area contributed by atoms with Gasteiger partial charge in [-0.1, -0.05) is 18.0 Å². The average Bonchev–Trinajstić information content (AvgIpc) is 3.54. The zero-order chi connectivity index (χ0) is 22.7. The van der Waals surface area contributed by atoms with Gasteiger partial charge in [-0.25, -0.2) is 4.79 Å². The van der Waals surface area contributed by atoms with E-state index in [1.165, 1.54) is 0 Å². The molecule has 2 aliphatic carbocycles. The molecule has 0 radical (unpaired) electrons. The van der Waals surface area contributed by atoms with Gasteiger partial charge in [0.15, 0.2) is 5.76 Å². The van der Waals surface area contributed by atoms with Gasteiger partial charge in [0, 0.05) is 18.7 Å². The molecule has 2 aromatic rings. The Kier molecular flexibility index (Phi) is 6.67. The molecule has 32 heavy (non-hydrogen) atoms. The fourth-order valence-electron chi connectivity index (χ4n) is 4.61. The highest BCUT2D eigenvalue weighted by Crippen LogP contribution is 2.32. The van der Waals surface area contributed by atoms with Gasteiger partial charge in [0.1, 0.15) is 12.4 Å². The number of hydrogen-bond donors (Lipinski definition) is 1. The maximum absolute atomic E-state index is 12.5. The number of carboxylic acid groups (broad SMARTS) is 1. The van der Waals surface area contributed by atoms with Crippen molar-refractivity contribution in [3.63, 3.8) is 0 Å². The van der Waals surface area contributed by atoms with Crippen LogP contribution in [-0.2, 0) is 16.1 Å². The molecule has 8 nitrogen and oxygen atoms in total. The third-order valence-corrected chi connectivity index (χ3v) is 6.64. The van der Waals surface area contributed by atoms with E-state index in [9.17, 15) is 9.59 Å². The smallest absolute Gasteiger partial charge is 0.410 e. The molecule has 0 bridgehead atoms. The van der Waals surface area contributed by atoms with Crippen molar-refractivity contribution in [2.45, 2.75) is 70.6 Å². The molecule has 2 aliphatic rings. The molecule has 0 unspecified atom stereocenters. The summed E-state index contributed by atoms with van der Waals surface area (Å²) in [4.78, 5) is 25.3. The molecule has 2 saturated carbocycles. The van der Waals surface area contributed by atoms with Crippen molar-refractivity contribution in [3.8, 4) is 17.1 Å². The van der Waals surface area contributed by atoms with Crippen LogP contribution in [0.3, 0.4) is 0 Å². The van der Waals surface area contributed by atoms with Crippen LogP contribution in [0.1, 0.15) is 56.2 Å². The molecule has 2 atom stereocenters. The third-order valence-electron chi connectivity index (χ3n) is 6.64. The van der Waals surface area contributed by atoms with Crippen LogP contribution in [0.5, 0.6) is 5.75 Å². The second-order valence-corrected chi connectivity index (χ2v) is 8.79. The van der Waals surface area contributed by atoms with Crippen LogP contribution in [-0.4, -0.2) is 46.4 Å². The normalized spacial score (nSPS) is 20.9. The number of benzene rings is 1. The van der Waals surface area contributed by atoms with E-state index < -0.39 is 5.97 Å². The molecule has 2 fully saturated rings. The highest BCUT2D eigenvalue weighted by atomic mass is 16.6. The van der Waals surface area contributed by atoms with Gasteiger partial charge >= 0.3 is 12.1 Å². The van der Waals surface area contributed by atoms with Gasteiger partial charge in [0.25, 0.3) is 0 Å². The Morgan fingerprint density at radius 1 is 1.16 bits per heavy atom. The SMILES string of the molecule is Cc1noc(-c2ccc(O[C@H]3CC[C@@H](C(=O)O)C3)cc2)c1COC(=O)N(C)C1CCCC1. The number of carbonyl (C=O) groups is 2. The Morgan fingerprint density at radius 3 is 2.53 bits per heavy atom. The Bertz CT molecular complexity index is 948. The summed E-state index contributed by atoms with van der Waals surface area (Å²) in [5, 5.41) is 13.2. The lowest BCUT2D eigenvalue weighted by molar-refractivity contribution is -0.141. The standard InChI is InChI=1S/C24H30N2O6/c1-15-21(14-30-24(29)26(2)18-5-3-4-6-18)22(32-25-15)16-7-10-19(11-8-16)31-20-12-9-17(13-20)23(27)28/h7-8,10-11,17-18,20H,3-6,9,12-14H2,1-2H3,(H,27,28)/t17-,20+/m1/s1. The van der Waals surface area contributed by atoms with Gasteiger partial charge in [-0.3, -0.25) is 4.79 Å². The Labute approximate surface area is 187 Å². The summed E-state index contributed by atoms with van der Waals surface area (Å²) in [6, 6.07) is 7.67. The largest absolute Gasteiger partial charge is 0.490 e. The average molecular weight is 443 g/mol. The zero-order valence-corrected chi connectivity index (χ0v) is 18.6. The number of nitrogens with zero attached hydrogens (tertiary/aromatic N) is 2. The summed E-state index contributed by atoms with van der Waals surface area (Å²) in [7, 11) is 1.79. The van der Waals surface area contributed by atoms with E-state index in [0.717, 1.165) is 43.2 Å². The summed E-state index contributed by atoms with van der Waals surface area (Å²) in [5.41, 5.74) is 2.23. The second kappa shape index (κ2) is 9.63. The first-order valence-corrected chi connectivity index (χ1v) is 11.3. The van der Waals surface area contributed by atoms with Gasteiger partial charge in [0.2, 0.25) is 0 Å². The summed E-state index contributed by atoms with van der Waals surface area (Å²) < 4.78 is 17.0. The van der Waals surface area contributed by atoms with Crippen LogP contribution < -0.4 is 4.74 Å². The van der Waals surface area contributed by atoms with Crippen molar-refractivity contribution in [2.24, 2.45) is 5.92 Å². The van der Waals surface area contributed by atoms with Crippen LogP contribution in [0, 0.1) is 12.8 Å². The monoisotopic (exact) mass is 442 g/mol. The van der Waals surface area contributed by atoms with E-state index in [1.54, 1.807) is 11.9 Å². The topological polar surface area (TPSA) is 102 Å². The first-order valence-electron chi connectivity index (χ1n) is 11.3. The lowest BCUT2D eigenvalue weighted by atomic mass is 10.1. The summed E-state index contributed by atoms with van der Waals surface area (Å²) in [6.07, 6.45) is 5.85. The zero-order valence-electron chi connectivity index (χ0n) is 18.6. The van der Waals surface area contributed by atoms with Crippen molar-refractivity contribution in [3.05, 3.63) is 35.5 Å². The molecule has 1 amide bonds. The van der Waals surface area contributed by atoms with Crippen LogP contribution in [0.2, 0.25) is 0 Å². The van der Waals surface area contributed by atoms with Crippen LogP contribution in [0.4, 0.5) is 4.79 Å². The second-order valence-electron chi connectivity index (χ2n) is 8.79. The van der Waals surface area contributed by atoms with E-state index in [2.05, 4.69) is 5.16 Å². The quantitative estimate of drug-likeness (QED) is 0.657. The van der Waals surface area contributed by atoms with Crippen LogP contribution in [0.15, 0.2) is 28.8 Å². The van der Waals surface area contributed by atoms with E-state index in [1.807, 2.05) is 31.2 Å². The summed E-state index contributed by atoms with van der Waals surface area (Å²) in [5.74, 6) is 0.175. The van der Waals surface area contributed by atoms with Crippen molar-refractivity contribution < 1.29 is 28.7 Å². The highest BCUT2D eigenvalue weighted by Gasteiger charge is 2.31. The number of rotatable bonds is 7. The molecular weight excluding hydrogens is 412 g/mol. The molecule has 1 N–H and O–H groups in total. The van der Waals surface area contributed by atoms with Gasteiger partial charge in [-0.15, -0.1) is 0 Å². The molecular formula is C24H30N2O6. The van der Waals surface area contributed by atoms with E-state index in [-0.39, 0.29) is 30.8 Å². The number of ether oxygens (including phenoxy) is 2. The fraction of sp³-hybridized carbons (Fsp3) is 0.542. The van der Waals surface area contributed by atoms with E-state index in [0.29, 0.717) is 30.0 Å². The van der Waals surface area contributed by atoms with Crippen LogP contribution in [0.25, 0.3) is 11.3 Å². The molecule has 1 heterocycles. The number of hydrogen-bond acceptors (Lipinski definition) is 6. The molecule has 1 aromatic heterocycles. The minimum atomic E-state index is -0.755. The number of aromatic nitrogens is 1. The Morgan fingerprint density at radius 2 is 1.88 bits per heavy atom. The van der Waals surface area contributed by atoms with Gasteiger partial charge in [-0.05, 0) is 63.3 Å². The van der Waals surface area contributed by atoms with Crippen molar-refractivity contribution >= 4 is 12.1 Å². The molecule has 0 saturated heterocycles. The first kappa shape index (κ1) is 22.2. The summed E-state index contributed by atoms with van der Waals surface area (Å²) in [6.45, 7) is 1.92. The fourth-order valence-corrected chi connectivity index (χ4v) is 4.61. The van der Waals surface area contributed by atoms with Gasteiger partial charge < -0.3 is 24.0 Å². The number of carboxylic acids is 1. The van der Waals surface area contributed by atoms with Crippen molar-refractivity contribution in [1.29, 1.82) is 0 Å². The number of amides is 1. The van der Waals surface area contributed by atoms with E-state index in [4.69, 9.17) is 19.1 Å². The van der Waals surface area contributed by atoms with E-state index >= 15 is 0 Å². The first-order chi connectivity index (χ1) is 15.4. The Balaban J connectivity index is 1.38. The maximum Gasteiger partial charge on any atom is 0.410 e.